The molecule has 2 aromatic rings. The molecule has 1 fully saturated rings. The number of nitrogen functional groups attached to an aromatic ring is 1. The van der Waals surface area contributed by atoms with Crippen molar-refractivity contribution < 1.29 is 4.42 Å². The van der Waals surface area contributed by atoms with Crippen LogP contribution in [0.1, 0.15) is 33.1 Å². The van der Waals surface area contributed by atoms with Gasteiger partial charge in [0.1, 0.15) is 5.52 Å². The second-order valence-corrected chi connectivity index (χ2v) is 5.99. The van der Waals surface area contributed by atoms with E-state index in [0.29, 0.717) is 23.2 Å². The smallest absolute Gasteiger partial charge is 0.295 e. The van der Waals surface area contributed by atoms with Gasteiger partial charge in [0, 0.05) is 17.8 Å². The van der Waals surface area contributed by atoms with Crippen molar-refractivity contribution in [1.82, 2.24) is 4.98 Å². The van der Waals surface area contributed by atoms with E-state index in [2.05, 4.69) is 24.1 Å². The maximum Gasteiger partial charge on any atom is 0.295 e. The molecule has 1 unspecified atom stereocenters. The lowest BCUT2D eigenvalue weighted by atomic mass is 9.92. The van der Waals surface area contributed by atoms with E-state index in [9.17, 15) is 0 Å². The molecular weight excluding hydrogens is 226 g/mol. The van der Waals surface area contributed by atoms with E-state index in [-0.39, 0.29) is 0 Å². The predicted molar refractivity (Wildman–Crippen MR) is 73.5 cm³/mol. The third-order valence-electron chi connectivity index (χ3n) is 3.71. The lowest BCUT2D eigenvalue weighted by Crippen LogP contribution is -2.17. The zero-order valence-electron chi connectivity index (χ0n) is 10.9. The Morgan fingerprint density at radius 1 is 1.44 bits per heavy atom. The minimum absolute atomic E-state index is 0.425. The molecule has 0 radical (unpaired) electrons. The lowest BCUT2D eigenvalue weighted by molar-refractivity contribution is 0.378. The minimum atomic E-state index is 0.425. The number of rotatable bonds is 2. The number of oxazole rings is 1. The fourth-order valence-corrected chi connectivity index (χ4v) is 2.74. The Kier molecular flexibility index (Phi) is 2.47. The fourth-order valence-electron chi connectivity index (χ4n) is 2.74. The molecule has 0 saturated heterocycles. The topological polar surface area (TPSA) is 64.1 Å². The summed E-state index contributed by atoms with van der Waals surface area (Å²) in [7, 11) is 0. The molecule has 1 heterocycles. The molecule has 1 aromatic heterocycles. The van der Waals surface area contributed by atoms with Crippen LogP contribution in [-0.4, -0.2) is 11.0 Å². The van der Waals surface area contributed by atoms with Crippen molar-refractivity contribution in [3.63, 3.8) is 0 Å². The number of nitrogens with two attached hydrogens (primary N) is 1. The van der Waals surface area contributed by atoms with Crippen LogP contribution in [0.15, 0.2) is 22.6 Å². The molecular formula is C14H19N3O. The van der Waals surface area contributed by atoms with Gasteiger partial charge in [-0.2, -0.15) is 4.98 Å². The molecule has 0 amide bonds. The van der Waals surface area contributed by atoms with Crippen LogP contribution in [0.5, 0.6) is 0 Å². The van der Waals surface area contributed by atoms with Gasteiger partial charge >= 0.3 is 0 Å². The number of nitrogens with one attached hydrogen (secondary N) is 1. The Balaban J connectivity index is 1.79. The average molecular weight is 245 g/mol. The van der Waals surface area contributed by atoms with Gasteiger partial charge in [0.05, 0.1) is 0 Å². The first-order chi connectivity index (χ1) is 8.52. The molecule has 96 valence electrons. The molecule has 4 nitrogen and oxygen atoms in total. The Hall–Kier alpha value is -1.71. The molecule has 3 N–H and O–H groups in total. The van der Waals surface area contributed by atoms with E-state index in [0.717, 1.165) is 17.5 Å². The second-order valence-electron chi connectivity index (χ2n) is 5.99. The van der Waals surface area contributed by atoms with Crippen LogP contribution in [0, 0.1) is 5.41 Å². The van der Waals surface area contributed by atoms with Crippen molar-refractivity contribution >= 4 is 22.8 Å². The molecule has 1 aliphatic rings. The van der Waals surface area contributed by atoms with Gasteiger partial charge in [-0.25, -0.2) is 0 Å². The quantitative estimate of drug-likeness (QED) is 0.796. The van der Waals surface area contributed by atoms with E-state index >= 15 is 0 Å². The zero-order chi connectivity index (χ0) is 12.8. The Bertz CT molecular complexity index is 573. The first-order valence-electron chi connectivity index (χ1n) is 6.44. The van der Waals surface area contributed by atoms with Gasteiger partial charge in [-0.15, -0.1) is 0 Å². The maximum absolute atomic E-state index is 5.72. The van der Waals surface area contributed by atoms with Crippen LogP contribution in [0.4, 0.5) is 11.7 Å². The zero-order valence-corrected chi connectivity index (χ0v) is 10.9. The largest absolute Gasteiger partial charge is 0.423 e. The van der Waals surface area contributed by atoms with Gasteiger partial charge in [0.25, 0.3) is 6.01 Å². The number of fused-ring (bicyclic) bond motifs is 1. The van der Waals surface area contributed by atoms with Crippen LogP contribution in [0.3, 0.4) is 0 Å². The summed E-state index contributed by atoms with van der Waals surface area (Å²) in [6.45, 7) is 4.61. The molecule has 0 aliphatic heterocycles. The minimum Gasteiger partial charge on any atom is -0.423 e. The molecule has 4 heteroatoms. The van der Waals surface area contributed by atoms with Crippen LogP contribution in [-0.2, 0) is 0 Å². The lowest BCUT2D eigenvalue weighted by Gasteiger charge is -2.16. The fraction of sp³-hybridized carbons (Fsp3) is 0.500. The normalized spacial score (nSPS) is 22.4. The van der Waals surface area contributed by atoms with E-state index in [1.807, 2.05) is 18.2 Å². The van der Waals surface area contributed by atoms with Crippen molar-refractivity contribution in [2.45, 2.75) is 39.2 Å². The number of nitrogens with zero attached hydrogens (tertiary/aromatic N) is 1. The summed E-state index contributed by atoms with van der Waals surface area (Å²) in [5, 5.41) is 3.39. The Morgan fingerprint density at radius 2 is 2.28 bits per heavy atom. The van der Waals surface area contributed by atoms with Crippen molar-refractivity contribution in [3.8, 4) is 0 Å². The van der Waals surface area contributed by atoms with Gasteiger partial charge < -0.3 is 15.5 Å². The first kappa shape index (κ1) is 11.4. The van der Waals surface area contributed by atoms with Crippen LogP contribution >= 0.6 is 0 Å². The number of hydrogen-bond donors (Lipinski definition) is 2. The SMILES string of the molecule is CC1(C)CCC(Nc2nc3ccc(N)cc3o2)C1. The Morgan fingerprint density at radius 3 is 3.00 bits per heavy atom. The summed E-state index contributed by atoms with van der Waals surface area (Å²) in [5.74, 6) is 0. The van der Waals surface area contributed by atoms with E-state index in [1.165, 1.54) is 12.8 Å². The van der Waals surface area contributed by atoms with Crippen molar-refractivity contribution in [1.29, 1.82) is 0 Å². The third-order valence-corrected chi connectivity index (χ3v) is 3.71. The summed E-state index contributed by atoms with van der Waals surface area (Å²) >= 11 is 0. The average Bonchev–Trinajstić information content (AvgIpc) is 2.81. The van der Waals surface area contributed by atoms with Gasteiger partial charge in [-0.3, -0.25) is 0 Å². The van der Waals surface area contributed by atoms with E-state index < -0.39 is 0 Å². The highest BCUT2D eigenvalue weighted by molar-refractivity contribution is 5.78. The molecule has 18 heavy (non-hydrogen) atoms. The molecule has 1 saturated carbocycles. The summed E-state index contributed by atoms with van der Waals surface area (Å²) in [4.78, 5) is 4.43. The van der Waals surface area contributed by atoms with E-state index in [4.69, 9.17) is 10.2 Å². The summed E-state index contributed by atoms with van der Waals surface area (Å²) in [5.41, 5.74) is 8.45. The molecule has 1 aromatic carbocycles. The van der Waals surface area contributed by atoms with Gasteiger partial charge in [0.2, 0.25) is 0 Å². The molecule has 1 atom stereocenters. The van der Waals surface area contributed by atoms with Gasteiger partial charge in [-0.05, 0) is 36.8 Å². The van der Waals surface area contributed by atoms with Crippen LogP contribution in [0.2, 0.25) is 0 Å². The second kappa shape index (κ2) is 3.90. The monoisotopic (exact) mass is 245 g/mol. The van der Waals surface area contributed by atoms with Crippen molar-refractivity contribution in [3.05, 3.63) is 18.2 Å². The van der Waals surface area contributed by atoms with E-state index in [1.54, 1.807) is 0 Å². The Labute approximate surface area is 107 Å². The first-order valence-corrected chi connectivity index (χ1v) is 6.44. The predicted octanol–water partition coefficient (Wildman–Crippen LogP) is 3.40. The number of aromatic nitrogens is 1. The number of benzene rings is 1. The summed E-state index contributed by atoms with van der Waals surface area (Å²) in [6.07, 6.45) is 3.58. The maximum atomic E-state index is 5.72. The highest BCUT2D eigenvalue weighted by Gasteiger charge is 2.31. The molecule has 1 aliphatic carbocycles. The van der Waals surface area contributed by atoms with Gasteiger partial charge in [0.15, 0.2) is 5.58 Å². The van der Waals surface area contributed by atoms with Crippen LogP contribution < -0.4 is 11.1 Å². The standard InChI is InChI=1S/C14H19N3O/c1-14(2)6-5-10(8-14)16-13-17-11-4-3-9(15)7-12(11)18-13/h3-4,7,10H,5-6,8,15H2,1-2H3,(H,16,17). The van der Waals surface area contributed by atoms with Crippen molar-refractivity contribution in [2.24, 2.45) is 5.41 Å². The number of hydrogen-bond acceptors (Lipinski definition) is 4. The summed E-state index contributed by atoms with van der Waals surface area (Å²) in [6, 6.07) is 6.61. The summed E-state index contributed by atoms with van der Waals surface area (Å²) < 4.78 is 5.68. The van der Waals surface area contributed by atoms with Crippen molar-refractivity contribution in [2.75, 3.05) is 11.1 Å². The molecule has 0 spiro atoms. The molecule has 3 rings (SSSR count). The molecule has 0 bridgehead atoms. The highest BCUT2D eigenvalue weighted by atomic mass is 16.4. The third kappa shape index (κ3) is 2.15. The van der Waals surface area contributed by atoms with Crippen LogP contribution in [0.25, 0.3) is 11.1 Å². The van der Waals surface area contributed by atoms with Gasteiger partial charge in [-0.1, -0.05) is 13.8 Å². The number of anilines is 2. The highest BCUT2D eigenvalue weighted by Crippen LogP contribution is 2.38.